The molecule has 2 heterocycles. The number of hydrogen-bond acceptors (Lipinski definition) is 5. The fourth-order valence-corrected chi connectivity index (χ4v) is 2.64. The molecule has 0 aliphatic rings. The molecule has 1 N–H and O–H groups in total. The van der Waals surface area contributed by atoms with Crippen LogP contribution in [0.4, 0.5) is 0 Å². The number of nitrogens with one attached hydrogen (secondary N) is 1. The Morgan fingerprint density at radius 1 is 1.46 bits per heavy atom. The normalized spacial score (nSPS) is 10.2. The van der Waals surface area contributed by atoms with Gasteiger partial charge in [0.15, 0.2) is 14.0 Å². The monoisotopic (exact) mass is 230 g/mol. The van der Waals surface area contributed by atoms with Crippen LogP contribution in [0.1, 0.15) is 0 Å². The lowest BCUT2D eigenvalue weighted by Crippen LogP contribution is -1.73. The number of thiophene rings is 1. The summed E-state index contributed by atoms with van der Waals surface area (Å²) < 4.78 is 5.78. The summed E-state index contributed by atoms with van der Waals surface area (Å²) in [6.07, 6.45) is 0. The molecule has 3 nitrogen and oxygen atoms in total. The van der Waals surface area contributed by atoms with Gasteiger partial charge in [0.05, 0.1) is 12.0 Å². The first-order valence-electron chi connectivity index (χ1n) is 3.49. The number of ether oxygens (including phenoxy) is 1. The van der Waals surface area contributed by atoms with Crippen LogP contribution in [0.3, 0.4) is 0 Å². The van der Waals surface area contributed by atoms with Crippen molar-refractivity contribution in [3.63, 3.8) is 0 Å². The van der Waals surface area contributed by atoms with E-state index in [1.165, 1.54) is 11.3 Å². The average Bonchev–Trinajstić information content (AvgIpc) is 2.71. The Labute approximate surface area is 88.0 Å². The Morgan fingerprint density at radius 3 is 2.85 bits per heavy atom. The topological polar surface area (TPSA) is 37.9 Å². The molecule has 0 aliphatic heterocycles. The Hall–Kier alpha value is -0.720. The van der Waals surface area contributed by atoms with E-state index in [1.807, 2.05) is 12.1 Å². The largest absolute Gasteiger partial charge is 0.487 e. The van der Waals surface area contributed by atoms with E-state index in [4.69, 9.17) is 17.0 Å². The predicted octanol–water partition coefficient (Wildman–Crippen LogP) is 2.94. The molecule has 0 bridgehead atoms. The van der Waals surface area contributed by atoms with Gasteiger partial charge in [-0.1, -0.05) is 22.7 Å². The van der Waals surface area contributed by atoms with E-state index in [2.05, 4.69) is 10.2 Å². The van der Waals surface area contributed by atoms with Crippen LogP contribution in [0.5, 0.6) is 5.06 Å². The van der Waals surface area contributed by atoms with Crippen molar-refractivity contribution in [2.24, 2.45) is 0 Å². The molecule has 0 aromatic carbocycles. The standard InChI is InChI=1S/C7H6N2OS3/c1-10-5-3-2-4(12-5)6-8-9-7(11)13-6/h2-3H,1H3,(H,9,11). The molecule has 2 rings (SSSR count). The lowest BCUT2D eigenvalue weighted by molar-refractivity contribution is 0.427. The van der Waals surface area contributed by atoms with Crippen molar-refractivity contribution in [2.45, 2.75) is 0 Å². The third kappa shape index (κ3) is 1.79. The first-order valence-corrected chi connectivity index (χ1v) is 5.53. The first-order chi connectivity index (χ1) is 6.29. The van der Waals surface area contributed by atoms with Gasteiger partial charge in [0.1, 0.15) is 0 Å². The van der Waals surface area contributed by atoms with E-state index in [0.717, 1.165) is 14.9 Å². The highest BCUT2D eigenvalue weighted by Gasteiger charge is 2.05. The molecule has 2 aromatic heterocycles. The van der Waals surface area contributed by atoms with Gasteiger partial charge < -0.3 is 4.74 Å². The van der Waals surface area contributed by atoms with Crippen molar-refractivity contribution in [3.05, 3.63) is 16.1 Å². The summed E-state index contributed by atoms with van der Waals surface area (Å²) in [7, 11) is 1.65. The third-order valence-corrected chi connectivity index (χ3v) is 3.74. The molecular weight excluding hydrogens is 224 g/mol. The highest BCUT2D eigenvalue weighted by molar-refractivity contribution is 7.73. The maximum Gasteiger partial charge on any atom is 0.176 e. The van der Waals surface area contributed by atoms with Crippen molar-refractivity contribution in [2.75, 3.05) is 7.11 Å². The fraction of sp³-hybridized carbons (Fsp3) is 0.143. The average molecular weight is 230 g/mol. The molecule has 13 heavy (non-hydrogen) atoms. The Kier molecular flexibility index (Phi) is 2.43. The van der Waals surface area contributed by atoms with Gasteiger partial charge in [-0.15, -0.1) is 0 Å². The molecule has 2 aromatic rings. The summed E-state index contributed by atoms with van der Waals surface area (Å²) in [6.45, 7) is 0. The summed E-state index contributed by atoms with van der Waals surface area (Å²) in [5.41, 5.74) is 0. The second kappa shape index (κ2) is 3.57. The van der Waals surface area contributed by atoms with E-state index < -0.39 is 0 Å². The summed E-state index contributed by atoms with van der Waals surface area (Å²) >= 11 is 7.97. The molecule has 0 saturated carbocycles. The van der Waals surface area contributed by atoms with Gasteiger partial charge in [-0.25, -0.2) is 0 Å². The van der Waals surface area contributed by atoms with Crippen LogP contribution in [-0.2, 0) is 0 Å². The zero-order valence-electron chi connectivity index (χ0n) is 6.73. The van der Waals surface area contributed by atoms with Gasteiger partial charge in [-0.2, -0.15) is 5.10 Å². The molecule has 0 saturated heterocycles. The number of methoxy groups -OCH3 is 1. The third-order valence-electron chi connectivity index (χ3n) is 1.43. The van der Waals surface area contributed by atoms with Crippen molar-refractivity contribution >= 4 is 34.9 Å². The lowest BCUT2D eigenvalue weighted by atomic mass is 10.5. The zero-order valence-corrected chi connectivity index (χ0v) is 9.18. The van der Waals surface area contributed by atoms with Crippen molar-refractivity contribution in [1.29, 1.82) is 0 Å². The molecule has 0 fully saturated rings. The molecule has 0 atom stereocenters. The summed E-state index contributed by atoms with van der Waals surface area (Å²) in [4.78, 5) is 1.08. The van der Waals surface area contributed by atoms with Crippen LogP contribution in [0.15, 0.2) is 12.1 Å². The van der Waals surface area contributed by atoms with E-state index in [1.54, 1.807) is 18.4 Å². The summed E-state index contributed by atoms with van der Waals surface area (Å²) in [5, 5.41) is 8.62. The second-order valence-corrected chi connectivity index (χ2v) is 4.95. The van der Waals surface area contributed by atoms with Crippen LogP contribution in [0, 0.1) is 3.95 Å². The SMILES string of the molecule is COc1ccc(-c2n[nH]c(=S)s2)s1. The number of nitrogens with zero attached hydrogens (tertiary/aromatic N) is 1. The van der Waals surface area contributed by atoms with Gasteiger partial charge in [-0.3, -0.25) is 5.10 Å². The minimum atomic E-state index is 0.697. The Bertz CT molecular complexity index is 456. The maximum atomic E-state index is 5.08. The van der Waals surface area contributed by atoms with Crippen molar-refractivity contribution in [3.8, 4) is 14.9 Å². The molecule has 0 unspecified atom stereocenters. The smallest absolute Gasteiger partial charge is 0.176 e. The maximum absolute atomic E-state index is 5.08. The lowest BCUT2D eigenvalue weighted by Gasteiger charge is -1.88. The van der Waals surface area contributed by atoms with E-state index in [9.17, 15) is 0 Å². The fourth-order valence-electron chi connectivity index (χ4n) is 0.880. The molecule has 6 heteroatoms. The molecule has 0 radical (unpaired) electrons. The van der Waals surface area contributed by atoms with Gasteiger partial charge >= 0.3 is 0 Å². The first kappa shape index (κ1) is 8.86. The Morgan fingerprint density at radius 2 is 2.31 bits per heavy atom. The summed E-state index contributed by atoms with van der Waals surface area (Å²) in [6, 6.07) is 3.90. The van der Waals surface area contributed by atoms with Crippen LogP contribution < -0.4 is 4.74 Å². The van der Waals surface area contributed by atoms with Gasteiger partial charge in [0, 0.05) is 0 Å². The molecule has 0 spiro atoms. The quantitative estimate of drug-likeness (QED) is 0.806. The van der Waals surface area contributed by atoms with E-state index in [-0.39, 0.29) is 0 Å². The van der Waals surface area contributed by atoms with Crippen LogP contribution in [0.25, 0.3) is 9.88 Å². The number of H-pyrrole nitrogens is 1. The van der Waals surface area contributed by atoms with Crippen molar-refractivity contribution < 1.29 is 4.74 Å². The summed E-state index contributed by atoms with van der Waals surface area (Å²) in [5.74, 6) is 0. The van der Waals surface area contributed by atoms with Crippen LogP contribution >= 0.6 is 34.9 Å². The van der Waals surface area contributed by atoms with Crippen LogP contribution in [0.2, 0.25) is 0 Å². The van der Waals surface area contributed by atoms with Crippen molar-refractivity contribution in [1.82, 2.24) is 10.2 Å². The minimum absolute atomic E-state index is 0.697. The second-order valence-electron chi connectivity index (χ2n) is 2.24. The highest BCUT2D eigenvalue weighted by atomic mass is 32.1. The van der Waals surface area contributed by atoms with Crippen LogP contribution in [-0.4, -0.2) is 17.3 Å². The van der Waals surface area contributed by atoms with Gasteiger partial charge in [0.2, 0.25) is 0 Å². The van der Waals surface area contributed by atoms with Gasteiger partial charge in [-0.05, 0) is 24.4 Å². The minimum Gasteiger partial charge on any atom is -0.487 e. The highest BCUT2D eigenvalue weighted by Crippen LogP contribution is 2.33. The molecule has 68 valence electrons. The number of hydrogen-bond donors (Lipinski definition) is 1. The van der Waals surface area contributed by atoms with Gasteiger partial charge in [0.25, 0.3) is 0 Å². The zero-order chi connectivity index (χ0) is 9.26. The number of aromatic amines is 1. The molecule has 0 amide bonds. The number of aromatic nitrogens is 2. The molecule has 0 aliphatic carbocycles. The number of rotatable bonds is 2. The van der Waals surface area contributed by atoms with E-state index >= 15 is 0 Å². The molecular formula is C7H6N2OS3. The Balaban J connectivity index is 2.40. The predicted molar refractivity (Wildman–Crippen MR) is 57.2 cm³/mol. The van der Waals surface area contributed by atoms with E-state index in [0.29, 0.717) is 3.95 Å².